The van der Waals surface area contributed by atoms with Crippen molar-refractivity contribution >= 4 is 22.4 Å². The van der Waals surface area contributed by atoms with Gasteiger partial charge in [0.15, 0.2) is 0 Å². The molecule has 0 unspecified atom stereocenters. The molecule has 0 heterocycles. The van der Waals surface area contributed by atoms with Crippen LogP contribution in [0.4, 0.5) is 10.1 Å². The van der Waals surface area contributed by atoms with Crippen LogP contribution in [0.3, 0.4) is 0 Å². The second-order valence-electron chi connectivity index (χ2n) is 4.64. The maximum Gasteiger partial charge on any atom is 0.260 e. The molecule has 3 aromatic rings. The summed E-state index contributed by atoms with van der Waals surface area (Å²) in [5, 5.41) is 14.2. The molecule has 3 nitrogen and oxygen atoms in total. The minimum atomic E-state index is -0.434. The molecule has 0 fully saturated rings. The topological polar surface area (TPSA) is 49.3 Å². The highest BCUT2D eigenvalue weighted by Gasteiger charge is 2.15. The number of phenolic OH excluding ortho intramolecular Hbond substituents is 1. The maximum absolute atomic E-state index is 12.9. The summed E-state index contributed by atoms with van der Waals surface area (Å²) in [7, 11) is 0. The summed E-state index contributed by atoms with van der Waals surface area (Å²) in [5.41, 5.74) is 0.672. The number of halogens is 1. The SMILES string of the molecule is O=C(Nc1ccc(F)cc1)c1c(O)ccc2ccccc12. The third-order valence-corrected chi connectivity index (χ3v) is 3.24. The minimum Gasteiger partial charge on any atom is -0.507 e. The molecule has 0 aromatic heterocycles. The monoisotopic (exact) mass is 281 g/mol. The molecule has 0 saturated heterocycles. The summed E-state index contributed by atoms with van der Waals surface area (Å²) in [6, 6.07) is 16.0. The number of nitrogens with one attached hydrogen (secondary N) is 1. The molecule has 104 valence electrons. The highest BCUT2D eigenvalue weighted by atomic mass is 19.1. The van der Waals surface area contributed by atoms with Gasteiger partial charge in [-0.05, 0) is 41.1 Å². The summed E-state index contributed by atoms with van der Waals surface area (Å²) >= 11 is 0. The highest BCUT2D eigenvalue weighted by Crippen LogP contribution is 2.27. The van der Waals surface area contributed by atoms with Gasteiger partial charge in [0.25, 0.3) is 5.91 Å². The van der Waals surface area contributed by atoms with Crippen molar-refractivity contribution < 1.29 is 14.3 Å². The number of rotatable bonds is 2. The first kappa shape index (κ1) is 13.1. The Bertz CT molecular complexity index is 813. The van der Waals surface area contributed by atoms with Crippen LogP contribution in [0, 0.1) is 5.82 Å². The van der Waals surface area contributed by atoms with Crippen LogP contribution < -0.4 is 5.32 Å². The molecule has 0 atom stereocenters. The van der Waals surface area contributed by atoms with Crippen molar-refractivity contribution in [3.05, 3.63) is 72.0 Å². The van der Waals surface area contributed by atoms with E-state index in [0.29, 0.717) is 11.1 Å². The molecule has 0 radical (unpaired) electrons. The Kier molecular flexibility index (Phi) is 3.28. The zero-order valence-corrected chi connectivity index (χ0v) is 11.0. The van der Waals surface area contributed by atoms with E-state index in [2.05, 4.69) is 5.32 Å². The fourth-order valence-corrected chi connectivity index (χ4v) is 2.23. The molecule has 0 saturated carbocycles. The second kappa shape index (κ2) is 5.25. The molecule has 0 aliphatic rings. The zero-order chi connectivity index (χ0) is 14.8. The Morgan fingerprint density at radius 1 is 0.952 bits per heavy atom. The highest BCUT2D eigenvalue weighted by molar-refractivity contribution is 6.14. The average molecular weight is 281 g/mol. The van der Waals surface area contributed by atoms with Crippen LogP contribution in [0.2, 0.25) is 0 Å². The fourth-order valence-electron chi connectivity index (χ4n) is 2.23. The molecule has 21 heavy (non-hydrogen) atoms. The number of carbonyl (C=O) groups excluding carboxylic acids is 1. The summed E-state index contributed by atoms with van der Waals surface area (Å²) in [6.07, 6.45) is 0. The van der Waals surface area contributed by atoms with Crippen LogP contribution in [0.15, 0.2) is 60.7 Å². The summed E-state index contributed by atoms with van der Waals surface area (Å²) in [5.74, 6) is -0.898. The zero-order valence-electron chi connectivity index (χ0n) is 11.0. The lowest BCUT2D eigenvalue weighted by atomic mass is 10.0. The Morgan fingerprint density at radius 2 is 1.67 bits per heavy atom. The summed E-state index contributed by atoms with van der Waals surface area (Å²) in [4.78, 5) is 12.4. The second-order valence-corrected chi connectivity index (χ2v) is 4.64. The molecular formula is C17H12FNO2. The third-order valence-electron chi connectivity index (χ3n) is 3.24. The first-order valence-electron chi connectivity index (χ1n) is 6.43. The number of fused-ring (bicyclic) bond motifs is 1. The molecule has 0 spiro atoms. The normalized spacial score (nSPS) is 10.5. The standard InChI is InChI=1S/C17H12FNO2/c18-12-6-8-13(9-7-12)19-17(21)16-14-4-2-1-3-11(14)5-10-15(16)20/h1-10,20H,(H,19,21). The third kappa shape index (κ3) is 2.56. The van der Waals surface area contributed by atoms with Crippen LogP contribution in [-0.2, 0) is 0 Å². The minimum absolute atomic E-state index is 0.0895. The van der Waals surface area contributed by atoms with Crippen LogP contribution >= 0.6 is 0 Å². The van der Waals surface area contributed by atoms with Crippen LogP contribution in [0.25, 0.3) is 10.8 Å². The lowest BCUT2D eigenvalue weighted by molar-refractivity contribution is 0.102. The van der Waals surface area contributed by atoms with E-state index in [9.17, 15) is 14.3 Å². The summed E-state index contributed by atoms with van der Waals surface area (Å²) in [6.45, 7) is 0. The van der Waals surface area contributed by atoms with Crippen molar-refractivity contribution in [3.8, 4) is 5.75 Å². The van der Waals surface area contributed by atoms with E-state index in [4.69, 9.17) is 0 Å². The van der Waals surface area contributed by atoms with E-state index in [1.54, 1.807) is 18.2 Å². The lowest BCUT2D eigenvalue weighted by Gasteiger charge is -2.10. The predicted molar refractivity (Wildman–Crippen MR) is 80.0 cm³/mol. The smallest absolute Gasteiger partial charge is 0.260 e. The number of hydrogen-bond donors (Lipinski definition) is 2. The number of benzene rings is 3. The van der Waals surface area contributed by atoms with Crippen molar-refractivity contribution in [2.75, 3.05) is 5.32 Å². The van der Waals surface area contributed by atoms with E-state index < -0.39 is 5.91 Å². The first-order chi connectivity index (χ1) is 10.1. The van der Waals surface area contributed by atoms with Crippen molar-refractivity contribution in [2.24, 2.45) is 0 Å². The van der Waals surface area contributed by atoms with E-state index in [1.165, 1.54) is 30.3 Å². The molecule has 4 heteroatoms. The number of carbonyl (C=O) groups is 1. The Hall–Kier alpha value is -2.88. The van der Waals surface area contributed by atoms with Gasteiger partial charge in [-0.2, -0.15) is 0 Å². The van der Waals surface area contributed by atoms with Gasteiger partial charge < -0.3 is 10.4 Å². The number of phenols is 1. The average Bonchev–Trinajstić information content (AvgIpc) is 2.49. The molecule has 0 aliphatic heterocycles. The molecule has 1 amide bonds. The molecular weight excluding hydrogens is 269 g/mol. The maximum atomic E-state index is 12.9. The van der Waals surface area contributed by atoms with Gasteiger partial charge in [0.05, 0.1) is 5.56 Å². The van der Waals surface area contributed by atoms with Crippen molar-refractivity contribution in [2.45, 2.75) is 0 Å². The van der Waals surface area contributed by atoms with E-state index in [1.807, 2.05) is 12.1 Å². The van der Waals surface area contributed by atoms with Gasteiger partial charge >= 0.3 is 0 Å². The molecule has 0 bridgehead atoms. The van der Waals surface area contributed by atoms with E-state index in [0.717, 1.165) is 5.39 Å². The van der Waals surface area contributed by atoms with Crippen molar-refractivity contribution in [1.29, 1.82) is 0 Å². The van der Waals surface area contributed by atoms with Crippen molar-refractivity contribution in [3.63, 3.8) is 0 Å². The summed E-state index contributed by atoms with van der Waals surface area (Å²) < 4.78 is 12.9. The number of aromatic hydroxyl groups is 1. The number of amides is 1. The van der Waals surface area contributed by atoms with Gasteiger partial charge in [0.1, 0.15) is 11.6 Å². The van der Waals surface area contributed by atoms with Gasteiger partial charge in [-0.3, -0.25) is 4.79 Å². The predicted octanol–water partition coefficient (Wildman–Crippen LogP) is 3.94. The van der Waals surface area contributed by atoms with Crippen molar-refractivity contribution in [1.82, 2.24) is 0 Å². The first-order valence-corrected chi connectivity index (χ1v) is 6.43. The van der Waals surface area contributed by atoms with Gasteiger partial charge in [-0.1, -0.05) is 30.3 Å². The van der Waals surface area contributed by atoms with E-state index in [-0.39, 0.29) is 17.1 Å². The Balaban J connectivity index is 2.01. The van der Waals surface area contributed by atoms with E-state index >= 15 is 0 Å². The fraction of sp³-hybridized carbons (Fsp3) is 0. The molecule has 2 N–H and O–H groups in total. The molecule has 3 aromatic carbocycles. The molecule has 0 aliphatic carbocycles. The van der Waals surface area contributed by atoms with Crippen LogP contribution in [0.1, 0.15) is 10.4 Å². The van der Waals surface area contributed by atoms with Gasteiger partial charge in [0.2, 0.25) is 0 Å². The van der Waals surface area contributed by atoms with Gasteiger partial charge in [-0.25, -0.2) is 4.39 Å². The Labute approximate surface area is 120 Å². The largest absolute Gasteiger partial charge is 0.507 e. The number of hydrogen-bond acceptors (Lipinski definition) is 2. The van der Waals surface area contributed by atoms with Crippen LogP contribution in [0.5, 0.6) is 5.75 Å². The van der Waals surface area contributed by atoms with Crippen LogP contribution in [-0.4, -0.2) is 11.0 Å². The number of anilines is 1. The quantitative estimate of drug-likeness (QED) is 0.747. The molecule has 3 rings (SSSR count). The van der Waals surface area contributed by atoms with Gasteiger partial charge in [-0.15, -0.1) is 0 Å². The lowest BCUT2D eigenvalue weighted by Crippen LogP contribution is -2.12. The Morgan fingerprint density at radius 3 is 2.43 bits per heavy atom. The van der Waals surface area contributed by atoms with Gasteiger partial charge in [0, 0.05) is 5.69 Å².